The van der Waals surface area contributed by atoms with Gasteiger partial charge in [-0.3, -0.25) is 4.79 Å². The molecule has 0 aliphatic heterocycles. The van der Waals surface area contributed by atoms with Crippen LogP contribution in [0.5, 0.6) is 5.75 Å². The quantitative estimate of drug-likeness (QED) is 0.823. The van der Waals surface area contributed by atoms with Crippen molar-refractivity contribution in [1.82, 2.24) is 5.32 Å². The summed E-state index contributed by atoms with van der Waals surface area (Å²) in [6, 6.07) is 14.1. The molecule has 0 aliphatic rings. The summed E-state index contributed by atoms with van der Waals surface area (Å²) >= 11 is 0. The minimum Gasteiger partial charge on any atom is -0.481 e. The molecule has 0 fully saturated rings. The molecule has 0 aliphatic carbocycles. The third-order valence-corrected chi connectivity index (χ3v) is 3.70. The van der Waals surface area contributed by atoms with Crippen LogP contribution in [0.4, 0.5) is 4.39 Å². The van der Waals surface area contributed by atoms with E-state index in [0.717, 1.165) is 12.0 Å². The van der Waals surface area contributed by atoms with Crippen molar-refractivity contribution in [3.8, 4) is 5.75 Å². The topological polar surface area (TPSA) is 38.3 Å². The molecule has 0 radical (unpaired) electrons. The zero-order valence-corrected chi connectivity index (χ0v) is 14.4. The van der Waals surface area contributed by atoms with Crippen LogP contribution in [0.25, 0.3) is 0 Å². The van der Waals surface area contributed by atoms with E-state index in [2.05, 4.69) is 31.3 Å². The second-order valence-corrected chi connectivity index (χ2v) is 6.35. The van der Waals surface area contributed by atoms with Gasteiger partial charge in [0, 0.05) is 0 Å². The lowest BCUT2D eigenvalue weighted by molar-refractivity contribution is -0.123. The van der Waals surface area contributed by atoms with Gasteiger partial charge in [0.25, 0.3) is 5.91 Å². The molecule has 0 bridgehead atoms. The van der Waals surface area contributed by atoms with Gasteiger partial charge in [-0.25, -0.2) is 4.39 Å². The molecule has 0 aromatic heterocycles. The normalized spacial score (nSPS) is 12.0. The summed E-state index contributed by atoms with van der Waals surface area (Å²) in [5.74, 6) is -0.0575. The average molecular weight is 329 g/mol. The molecule has 0 saturated heterocycles. The highest BCUT2D eigenvalue weighted by Gasteiger charge is 2.11. The fourth-order valence-corrected chi connectivity index (χ4v) is 2.49. The van der Waals surface area contributed by atoms with Crippen LogP contribution < -0.4 is 10.1 Å². The van der Waals surface area contributed by atoms with Gasteiger partial charge in [0.15, 0.2) is 18.2 Å². The van der Waals surface area contributed by atoms with E-state index in [0.29, 0.717) is 5.92 Å². The highest BCUT2D eigenvalue weighted by Crippen LogP contribution is 2.17. The van der Waals surface area contributed by atoms with Crippen LogP contribution in [0.1, 0.15) is 37.9 Å². The number of benzene rings is 2. The van der Waals surface area contributed by atoms with Gasteiger partial charge in [-0.1, -0.05) is 50.2 Å². The first-order chi connectivity index (χ1) is 11.5. The number of hydrogen-bond acceptors (Lipinski definition) is 2. The highest BCUT2D eigenvalue weighted by atomic mass is 19.1. The summed E-state index contributed by atoms with van der Waals surface area (Å²) in [6.07, 6.45) is 1.04. The number of rotatable bonds is 7. The largest absolute Gasteiger partial charge is 0.481 e. The Labute approximate surface area is 142 Å². The van der Waals surface area contributed by atoms with Crippen LogP contribution in [0.2, 0.25) is 0 Å². The molecular formula is C20H24FNO2. The SMILES string of the molecule is CC(C)Cc1ccc([C@@H](C)NC(=O)COc2ccccc2F)cc1. The third-order valence-electron chi connectivity index (χ3n) is 3.70. The first kappa shape index (κ1) is 18.0. The fourth-order valence-electron chi connectivity index (χ4n) is 2.49. The smallest absolute Gasteiger partial charge is 0.258 e. The summed E-state index contributed by atoms with van der Waals surface area (Å²) in [5.41, 5.74) is 2.32. The molecular weight excluding hydrogens is 305 g/mol. The van der Waals surface area contributed by atoms with Crippen molar-refractivity contribution in [2.45, 2.75) is 33.2 Å². The molecule has 0 saturated carbocycles. The molecule has 0 unspecified atom stereocenters. The monoisotopic (exact) mass is 329 g/mol. The summed E-state index contributed by atoms with van der Waals surface area (Å²) in [6.45, 7) is 6.08. The molecule has 128 valence electrons. The first-order valence-electron chi connectivity index (χ1n) is 8.21. The van der Waals surface area contributed by atoms with E-state index >= 15 is 0 Å². The van der Waals surface area contributed by atoms with Crippen molar-refractivity contribution >= 4 is 5.91 Å². The maximum absolute atomic E-state index is 13.4. The number of amides is 1. The second kappa shape index (κ2) is 8.48. The lowest BCUT2D eigenvalue weighted by atomic mass is 10.00. The number of carbonyl (C=O) groups excluding carboxylic acids is 1. The molecule has 2 aromatic rings. The lowest BCUT2D eigenvalue weighted by Crippen LogP contribution is -2.31. The van der Waals surface area contributed by atoms with Gasteiger partial charge in [0.1, 0.15) is 0 Å². The summed E-state index contributed by atoms with van der Waals surface area (Å²) < 4.78 is 18.7. The first-order valence-corrected chi connectivity index (χ1v) is 8.21. The van der Waals surface area contributed by atoms with Crippen LogP contribution in [-0.4, -0.2) is 12.5 Å². The molecule has 3 nitrogen and oxygen atoms in total. The molecule has 1 N–H and O–H groups in total. The molecule has 0 spiro atoms. The Morgan fingerprint density at radius 3 is 2.38 bits per heavy atom. The summed E-state index contributed by atoms with van der Waals surface area (Å²) in [4.78, 5) is 12.0. The Bertz CT molecular complexity index is 668. The second-order valence-electron chi connectivity index (χ2n) is 6.35. The van der Waals surface area contributed by atoms with Gasteiger partial charge in [-0.15, -0.1) is 0 Å². The number of ether oxygens (including phenoxy) is 1. The number of hydrogen-bond donors (Lipinski definition) is 1. The third kappa shape index (κ3) is 5.37. The maximum atomic E-state index is 13.4. The Morgan fingerprint density at radius 2 is 1.75 bits per heavy atom. The van der Waals surface area contributed by atoms with Crippen molar-refractivity contribution in [2.24, 2.45) is 5.92 Å². The molecule has 2 rings (SSSR count). The molecule has 2 aromatic carbocycles. The van der Waals surface area contributed by atoms with E-state index < -0.39 is 5.82 Å². The number of nitrogens with one attached hydrogen (secondary N) is 1. The summed E-state index contributed by atoms with van der Waals surface area (Å²) in [7, 11) is 0. The highest BCUT2D eigenvalue weighted by molar-refractivity contribution is 5.78. The number of carbonyl (C=O) groups is 1. The molecule has 1 atom stereocenters. The average Bonchev–Trinajstić information content (AvgIpc) is 2.54. The number of halogens is 1. The maximum Gasteiger partial charge on any atom is 0.258 e. The standard InChI is InChI=1S/C20H24FNO2/c1-14(2)12-16-8-10-17(11-9-16)15(3)22-20(23)13-24-19-7-5-4-6-18(19)21/h4-11,14-15H,12-13H2,1-3H3,(H,22,23)/t15-/m1/s1. The van der Waals surface area contributed by atoms with Crippen LogP contribution >= 0.6 is 0 Å². The predicted molar refractivity (Wildman–Crippen MR) is 93.4 cm³/mol. The summed E-state index contributed by atoms with van der Waals surface area (Å²) in [5, 5.41) is 2.86. The van der Waals surface area contributed by atoms with Crippen molar-refractivity contribution in [1.29, 1.82) is 0 Å². The van der Waals surface area contributed by atoms with Gasteiger partial charge in [0.2, 0.25) is 0 Å². The van der Waals surface area contributed by atoms with Crippen molar-refractivity contribution in [2.75, 3.05) is 6.61 Å². The molecule has 4 heteroatoms. The van der Waals surface area contributed by atoms with Gasteiger partial charge in [0.05, 0.1) is 6.04 Å². The lowest BCUT2D eigenvalue weighted by Gasteiger charge is -2.15. The van der Waals surface area contributed by atoms with Gasteiger partial charge >= 0.3 is 0 Å². The van der Waals surface area contributed by atoms with Crippen LogP contribution in [0.3, 0.4) is 0 Å². The molecule has 0 heterocycles. The fraction of sp³-hybridized carbons (Fsp3) is 0.350. The van der Waals surface area contributed by atoms with Crippen molar-refractivity contribution in [3.63, 3.8) is 0 Å². The minimum absolute atomic E-state index is 0.0818. The molecule has 1 amide bonds. The van der Waals surface area contributed by atoms with Gasteiger partial charge < -0.3 is 10.1 Å². The predicted octanol–water partition coefficient (Wildman–Crippen LogP) is 4.28. The van der Waals surface area contributed by atoms with E-state index in [1.54, 1.807) is 12.1 Å². The van der Waals surface area contributed by atoms with Crippen molar-refractivity contribution < 1.29 is 13.9 Å². The van der Waals surface area contributed by atoms with E-state index in [4.69, 9.17) is 4.74 Å². The van der Waals surface area contributed by atoms with Crippen LogP contribution in [0.15, 0.2) is 48.5 Å². The van der Waals surface area contributed by atoms with E-state index in [9.17, 15) is 9.18 Å². The zero-order chi connectivity index (χ0) is 17.5. The van der Waals surface area contributed by atoms with E-state index in [-0.39, 0.29) is 24.3 Å². The minimum atomic E-state index is -0.473. The Kier molecular flexibility index (Phi) is 6.36. The van der Waals surface area contributed by atoms with Gasteiger partial charge in [-0.05, 0) is 42.5 Å². The van der Waals surface area contributed by atoms with Crippen molar-refractivity contribution in [3.05, 3.63) is 65.5 Å². The zero-order valence-electron chi connectivity index (χ0n) is 14.4. The Hall–Kier alpha value is -2.36. The number of para-hydroxylation sites is 1. The van der Waals surface area contributed by atoms with Crippen LogP contribution in [-0.2, 0) is 11.2 Å². The Morgan fingerprint density at radius 1 is 1.08 bits per heavy atom. The molecule has 24 heavy (non-hydrogen) atoms. The Balaban J connectivity index is 1.86. The van der Waals surface area contributed by atoms with Gasteiger partial charge in [-0.2, -0.15) is 0 Å². The van der Waals surface area contributed by atoms with Crippen LogP contribution in [0, 0.1) is 11.7 Å². The van der Waals surface area contributed by atoms with E-state index in [1.165, 1.54) is 17.7 Å². The van der Waals surface area contributed by atoms with E-state index in [1.807, 2.05) is 19.1 Å².